The molecule has 1 fully saturated rings. The molecule has 1 atom stereocenters. The number of hydrogen-bond donors (Lipinski definition) is 1. The van der Waals surface area contributed by atoms with Gasteiger partial charge in [0.1, 0.15) is 0 Å². The van der Waals surface area contributed by atoms with Crippen molar-refractivity contribution in [3.8, 4) is 0 Å². The Kier molecular flexibility index (Phi) is 3.35. The molecule has 0 saturated carbocycles. The van der Waals surface area contributed by atoms with Crippen molar-refractivity contribution in [2.45, 2.75) is 25.4 Å². The first-order valence-corrected chi connectivity index (χ1v) is 5.77. The predicted molar refractivity (Wildman–Crippen MR) is 61.9 cm³/mol. The molecule has 1 aliphatic rings. The maximum atomic E-state index is 13.3. The van der Waals surface area contributed by atoms with Gasteiger partial charge in [-0.25, -0.2) is 4.79 Å². The molecule has 1 unspecified atom stereocenters. The van der Waals surface area contributed by atoms with Gasteiger partial charge in [0.15, 0.2) is 5.15 Å². The molecule has 0 radical (unpaired) electrons. The summed E-state index contributed by atoms with van der Waals surface area (Å²) in [7, 11) is 1.92. The van der Waals surface area contributed by atoms with Crippen LogP contribution < -0.4 is 11.2 Å². The molecular formula is C10H13ClFN3O2. The van der Waals surface area contributed by atoms with Crippen molar-refractivity contribution in [2.75, 3.05) is 13.6 Å². The van der Waals surface area contributed by atoms with Gasteiger partial charge in [-0.2, -0.15) is 4.39 Å². The fourth-order valence-electron chi connectivity index (χ4n) is 2.11. The molecule has 2 heterocycles. The maximum absolute atomic E-state index is 13.3. The van der Waals surface area contributed by atoms with E-state index < -0.39 is 22.2 Å². The van der Waals surface area contributed by atoms with E-state index in [0.717, 1.165) is 24.0 Å². The summed E-state index contributed by atoms with van der Waals surface area (Å²) in [6.07, 6.45) is 1.91. The number of nitrogens with zero attached hydrogens (tertiary/aromatic N) is 2. The fourth-order valence-corrected chi connectivity index (χ4v) is 2.27. The van der Waals surface area contributed by atoms with Gasteiger partial charge in [0.2, 0.25) is 5.82 Å². The third-order valence-corrected chi connectivity index (χ3v) is 3.41. The smallest absolute Gasteiger partial charge is 0.302 e. The van der Waals surface area contributed by atoms with E-state index in [9.17, 15) is 14.0 Å². The first kappa shape index (κ1) is 12.3. The minimum Gasteiger partial charge on any atom is -0.302 e. The highest BCUT2D eigenvalue weighted by atomic mass is 35.5. The highest BCUT2D eigenvalue weighted by molar-refractivity contribution is 6.29. The van der Waals surface area contributed by atoms with E-state index in [0.29, 0.717) is 0 Å². The normalized spacial score (nSPS) is 21.0. The molecule has 0 amide bonds. The van der Waals surface area contributed by atoms with Crippen LogP contribution in [0.15, 0.2) is 9.59 Å². The minimum atomic E-state index is -1.10. The van der Waals surface area contributed by atoms with Crippen LogP contribution in [0.4, 0.5) is 4.39 Å². The summed E-state index contributed by atoms with van der Waals surface area (Å²) in [4.78, 5) is 27.3. The topological polar surface area (TPSA) is 58.1 Å². The molecule has 1 aromatic heterocycles. The van der Waals surface area contributed by atoms with Gasteiger partial charge in [-0.05, 0) is 26.4 Å². The number of halogens is 2. The number of likely N-dealkylation sites (N-methyl/N-ethyl adjacent to an activating group) is 1. The van der Waals surface area contributed by atoms with Crippen LogP contribution in [-0.4, -0.2) is 34.1 Å². The summed E-state index contributed by atoms with van der Waals surface area (Å²) in [5.41, 5.74) is -1.62. The Morgan fingerprint density at radius 3 is 2.82 bits per heavy atom. The fraction of sp³-hybridized carbons (Fsp3) is 0.600. The van der Waals surface area contributed by atoms with Crippen LogP contribution in [0.1, 0.15) is 12.8 Å². The molecule has 0 aromatic carbocycles. The number of rotatable bonds is 2. The van der Waals surface area contributed by atoms with E-state index in [-0.39, 0.29) is 12.6 Å². The van der Waals surface area contributed by atoms with Gasteiger partial charge >= 0.3 is 5.69 Å². The van der Waals surface area contributed by atoms with Gasteiger partial charge in [0.25, 0.3) is 5.56 Å². The summed E-state index contributed by atoms with van der Waals surface area (Å²) < 4.78 is 14.2. The molecule has 17 heavy (non-hydrogen) atoms. The van der Waals surface area contributed by atoms with E-state index in [1.807, 2.05) is 7.05 Å². The van der Waals surface area contributed by atoms with Crippen molar-refractivity contribution in [3.05, 3.63) is 31.8 Å². The lowest BCUT2D eigenvalue weighted by Crippen LogP contribution is -2.42. The Morgan fingerprint density at radius 1 is 1.53 bits per heavy atom. The second kappa shape index (κ2) is 4.62. The molecule has 1 aliphatic heterocycles. The molecule has 94 valence electrons. The molecule has 0 spiro atoms. The van der Waals surface area contributed by atoms with E-state index in [4.69, 9.17) is 11.6 Å². The Balaban J connectivity index is 2.36. The predicted octanol–water partition coefficient (Wildman–Crippen LogP) is 0.423. The lowest BCUT2D eigenvalue weighted by Gasteiger charge is -2.19. The maximum Gasteiger partial charge on any atom is 0.329 e. The lowest BCUT2D eigenvalue weighted by molar-refractivity contribution is 0.275. The first-order valence-electron chi connectivity index (χ1n) is 5.39. The highest BCUT2D eigenvalue weighted by Crippen LogP contribution is 2.15. The molecule has 2 rings (SSSR count). The molecule has 7 heteroatoms. The number of aromatic nitrogens is 2. The van der Waals surface area contributed by atoms with Crippen molar-refractivity contribution in [1.29, 1.82) is 0 Å². The summed E-state index contributed by atoms with van der Waals surface area (Å²) in [5.74, 6) is -1.10. The third-order valence-electron chi connectivity index (χ3n) is 3.15. The van der Waals surface area contributed by atoms with Crippen LogP contribution in [0, 0.1) is 5.82 Å². The summed E-state index contributed by atoms with van der Waals surface area (Å²) in [5, 5.41) is -0.531. The molecule has 1 saturated heterocycles. The number of H-pyrrole nitrogens is 1. The van der Waals surface area contributed by atoms with E-state index >= 15 is 0 Å². The zero-order valence-corrected chi connectivity index (χ0v) is 10.1. The van der Waals surface area contributed by atoms with E-state index in [2.05, 4.69) is 9.88 Å². The van der Waals surface area contributed by atoms with Crippen LogP contribution >= 0.6 is 11.6 Å². The van der Waals surface area contributed by atoms with Gasteiger partial charge in [0, 0.05) is 12.6 Å². The Hall–Kier alpha value is -1.14. The average Bonchev–Trinajstić information content (AvgIpc) is 2.67. The SMILES string of the molecule is CN1CCCC1Cn1c(=O)[nH]c(Cl)c(F)c1=O. The zero-order valence-electron chi connectivity index (χ0n) is 9.37. The second-order valence-electron chi connectivity index (χ2n) is 4.25. The molecule has 0 aliphatic carbocycles. The van der Waals surface area contributed by atoms with Crippen LogP contribution in [0.5, 0.6) is 0 Å². The van der Waals surface area contributed by atoms with Crippen LogP contribution in [-0.2, 0) is 6.54 Å². The van der Waals surface area contributed by atoms with Crippen molar-refractivity contribution < 1.29 is 4.39 Å². The van der Waals surface area contributed by atoms with Gasteiger partial charge in [0.05, 0.1) is 0 Å². The summed E-state index contributed by atoms with van der Waals surface area (Å²) >= 11 is 5.38. The average molecular weight is 262 g/mol. The largest absolute Gasteiger partial charge is 0.329 e. The zero-order chi connectivity index (χ0) is 12.6. The third kappa shape index (κ3) is 2.28. The van der Waals surface area contributed by atoms with Crippen molar-refractivity contribution in [1.82, 2.24) is 14.5 Å². The van der Waals surface area contributed by atoms with Gasteiger partial charge in [-0.15, -0.1) is 0 Å². The monoisotopic (exact) mass is 261 g/mol. The highest BCUT2D eigenvalue weighted by Gasteiger charge is 2.23. The first-order chi connectivity index (χ1) is 8.00. The van der Waals surface area contributed by atoms with E-state index in [1.165, 1.54) is 0 Å². The summed E-state index contributed by atoms with van der Waals surface area (Å²) in [6.45, 7) is 1.12. The molecule has 0 bridgehead atoms. The molecule has 1 aromatic rings. The number of nitrogens with one attached hydrogen (secondary N) is 1. The molecule has 5 nitrogen and oxygen atoms in total. The second-order valence-corrected chi connectivity index (χ2v) is 4.63. The van der Waals surface area contributed by atoms with Crippen LogP contribution in [0.25, 0.3) is 0 Å². The van der Waals surface area contributed by atoms with Crippen LogP contribution in [0.3, 0.4) is 0 Å². The Bertz CT molecular complexity index is 539. The molecule has 1 N–H and O–H groups in total. The van der Waals surface area contributed by atoms with Crippen molar-refractivity contribution >= 4 is 11.6 Å². The standard InChI is InChI=1S/C10H13ClFN3O2/c1-14-4-2-3-6(14)5-15-9(16)7(12)8(11)13-10(15)17/h6H,2-5H2,1H3,(H,13,17). The number of hydrogen-bond acceptors (Lipinski definition) is 3. The molecular weight excluding hydrogens is 249 g/mol. The van der Waals surface area contributed by atoms with Crippen molar-refractivity contribution in [2.24, 2.45) is 0 Å². The minimum absolute atomic E-state index is 0.0920. The van der Waals surface area contributed by atoms with Gasteiger partial charge in [-0.1, -0.05) is 11.6 Å². The Morgan fingerprint density at radius 2 is 2.24 bits per heavy atom. The number of likely N-dealkylation sites (tertiary alicyclic amines) is 1. The van der Waals surface area contributed by atoms with Crippen molar-refractivity contribution in [3.63, 3.8) is 0 Å². The Labute approximate surface area is 102 Å². The van der Waals surface area contributed by atoms with Crippen LogP contribution in [0.2, 0.25) is 5.15 Å². The van der Waals surface area contributed by atoms with Gasteiger partial charge in [-0.3, -0.25) is 14.3 Å². The quantitative estimate of drug-likeness (QED) is 0.785. The number of aromatic amines is 1. The van der Waals surface area contributed by atoms with E-state index in [1.54, 1.807) is 0 Å². The lowest BCUT2D eigenvalue weighted by atomic mass is 10.2. The summed E-state index contributed by atoms with van der Waals surface area (Å²) in [6, 6.07) is 0.0920. The van der Waals surface area contributed by atoms with Gasteiger partial charge < -0.3 is 4.90 Å².